The lowest BCUT2D eigenvalue weighted by atomic mass is 9.95. The Morgan fingerprint density at radius 1 is 1.16 bits per heavy atom. The summed E-state index contributed by atoms with van der Waals surface area (Å²) in [4.78, 5) is 23.3. The average molecular weight is 282 g/mol. The lowest BCUT2D eigenvalue weighted by molar-refractivity contribution is 0.0690. The van der Waals surface area contributed by atoms with Gasteiger partial charge in [-0.1, -0.05) is 30.9 Å². The van der Waals surface area contributed by atoms with E-state index in [2.05, 4.69) is 5.32 Å². The van der Waals surface area contributed by atoms with Gasteiger partial charge in [0, 0.05) is 11.1 Å². The molecule has 0 spiro atoms. The first kappa shape index (κ1) is 13.9. The van der Waals surface area contributed by atoms with E-state index in [0.717, 1.165) is 25.7 Å². The Balaban J connectivity index is 2.16. The molecule has 0 radical (unpaired) electrons. The van der Waals surface area contributed by atoms with E-state index < -0.39 is 5.97 Å². The molecule has 2 rings (SSSR count). The van der Waals surface area contributed by atoms with Gasteiger partial charge in [-0.3, -0.25) is 4.79 Å². The monoisotopic (exact) mass is 281 g/mol. The third kappa shape index (κ3) is 3.47. The molecular formula is C14H16ClNO3. The molecule has 1 saturated carbocycles. The minimum atomic E-state index is -1.14. The maximum atomic E-state index is 12.1. The first-order valence-corrected chi connectivity index (χ1v) is 6.79. The molecule has 0 aromatic heterocycles. The van der Waals surface area contributed by atoms with Gasteiger partial charge in [-0.25, -0.2) is 4.79 Å². The molecule has 102 valence electrons. The summed E-state index contributed by atoms with van der Waals surface area (Å²) in [6, 6.07) is 4.45. The maximum absolute atomic E-state index is 12.1. The molecule has 1 aliphatic rings. The molecule has 5 heteroatoms. The third-order valence-corrected chi connectivity index (χ3v) is 3.63. The zero-order chi connectivity index (χ0) is 13.8. The number of benzene rings is 1. The number of carbonyl (C=O) groups excluding carboxylic acids is 1. The Labute approximate surface area is 116 Å². The highest BCUT2D eigenvalue weighted by atomic mass is 35.5. The van der Waals surface area contributed by atoms with Crippen LogP contribution in [-0.2, 0) is 0 Å². The molecule has 0 heterocycles. The molecular weight excluding hydrogens is 266 g/mol. The second kappa shape index (κ2) is 6.06. The van der Waals surface area contributed by atoms with Gasteiger partial charge in [0.25, 0.3) is 5.91 Å². The number of rotatable bonds is 3. The van der Waals surface area contributed by atoms with Gasteiger partial charge < -0.3 is 10.4 Å². The van der Waals surface area contributed by atoms with Crippen LogP contribution < -0.4 is 5.32 Å². The van der Waals surface area contributed by atoms with E-state index in [1.807, 2.05) is 0 Å². The van der Waals surface area contributed by atoms with Crippen LogP contribution in [0.15, 0.2) is 18.2 Å². The van der Waals surface area contributed by atoms with E-state index in [4.69, 9.17) is 16.7 Å². The van der Waals surface area contributed by atoms with Crippen LogP contribution in [0.1, 0.15) is 52.8 Å². The SMILES string of the molecule is O=C(O)c1cc(Cl)ccc1C(=O)NC1CCCCC1. The van der Waals surface area contributed by atoms with Crippen LogP contribution in [0, 0.1) is 0 Å². The first-order chi connectivity index (χ1) is 9.08. The van der Waals surface area contributed by atoms with Crippen LogP contribution in [0.3, 0.4) is 0 Å². The topological polar surface area (TPSA) is 66.4 Å². The molecule has 0 unspecified atom stereocenters. The molecule has 0 aliphatic heterocycles. The fourth-order valence-corrected chi connectivity index (χ4v) is 2.57. The average Bonchev–Trinajstić information content (AvgIpc) is 2.39. The maximum Gasteiger partial charge on any atom is 0.336 e. The van der Waals surface area contributed by atoms with Crippen molar-refractivity contribution in [3.05, 3.63) is 34.3 Å². The molecule has 2 N–H and O–H groups in total. The van der Waals surface area contributed by atoms with Crippen LogP contribution >= 0.6 is 11.6 Å². The van der Waals surface area contributed by atoms with E-state index >= 15 is 0 Å². The molecule has 0 atom stereocenters. The third-order valence-electron chi connectivity index (χ3n) is 3.40. The molecule has 0 bridgehead atoms. The Bertz CT molecular complexity index is 495. The summed E-state index contributed by atoms with van der Waals surface area (Å²) in [6.07, 6.45) is 5.34. The van der Waals surface area contributed by atoms with E-state index in [9.17, 15) is 9.59 Å². The molecule has 1 amide bonds. The van der Waals surface area contributed by atoms with Crippen molar-refractivity contribution in [1.82, 2.24) is 5.32 Å². The first-order valence-electron chi connectivity index (χ1n) is 6.41. The zero-order valence-electron chi connectivity index (χ0n) is 10.5. The van der Waals surface area contributed by atoms with Crippen molar-refractivity contribution in [3.63, 3.8) is 0 Å². The van der Waals surface area contributed by atoms with Crippen LogP contribution in [0.25, 0.3) is 0 Å². The van der Waals surface area contributed by atoms with Crippen molar-refractivity contribution in [2.75, 3.05) is 0 Å². The van der Waals surface area contributed by atoms with Crippen LogP contribution in [-0.4, -0.2) is 23.0 Å². The van der Waals surface area contributed by atoms with Gasteiger partial charge in [0.15, 0.2) is 0 Å². The normalized spacial score (nSPS) is 16.1. The Kier molecular flexibility index (Phi) is 4.43. The minimum absolute atomic E-state index is 0.0548. The van der Waals surface area contributed by atoms with Gasteiger partial charge in [-0.2, -0.15) is 0 Å². The van der Waals surface area contributed by atoms with Gasteiger partial charge in [-0.15, -0.1) is 0 Å². The molecule has 0 saturated heterocycles. The van der Waals surface area contributed by atoms with Gasteiger partial charge in [0.05, 0.1) is 11.1 Å². The van der Waals surface area contributed by atoms with Crippen LogP contribution in [0.2, 0.25) is 5.02 Å². The molecule has 1 aliphatic carbocycles. The number of nitrogens with one attached hydrogen (secondary N) is 1. The van der Waals surface area contributed by atoms with Crippen molar-refractivity contribution in [1.29, 1.82) is 0 Å². The summed E-state index contributed by atoms with van der Waals surface area (Å²) in [6.45, 7) is 0. The Hall–Kier alpha value is -1.55. The zero-order valence-corrected chi connectivity index (χ0v) is 11.2. The van der Waals surface area contributed by atoms with Gasteiger partial charge in [0.2, 0.25) is 0 Å². The van der Waals surface area contributed by atoms with E-state index in [-0.39, 0.29) is 23.1 Å². The molecule has 1 fully saturated rings. The minimum Gasteiger partial charge on any atom is -0.478 e. The summed E-state index contributed by atoms with van der Waals surface area (Å²) in [5, 5.41) is 12.3. The highest BCUT2D eigenvalue weighted by Gasteiger charge is 2.21. The van der Waals surface area contributed by atoms with Crippen molar-refractivity contribution in [3.8, 4) is 0 Å². The highest BCUT2D eigenvalue weighted by molar-refractivity contribution is 6.31. The van der Waals surface area contributed by atoms with Gasteiger partial charge in [0.1, 0.15) is 0 Å². The summed E-state index contributed by atoms with van der Waals surface area (Å²) in [5.41, 5.74) is 0.114. The lowest BCUT2D eigenvalue weighted by Gasteiger charge is -2.23. The molecule has 19 heavy (non-hydrogen) atoms. The predicted molar refractivity (Wildman–Crippen MR) is 72.8 cm³/mol. The molecule has 4 nitrogen and oxygen atoms in total. The fourth-order valence-electron chi connectivity index (χ4n) is 2.40. The standard InChI is InChI=1S/C14H16ClNO3/c15-9-6-7-11(12(8-9)14(18)19)13(17)16-10-4-2-1-3-5-10/h6-8,10H,1-5H2,(H,16,17)(H,18,19). The number of halogens is 1. The Morgan fingerprint density at radius 2 is 1.84 bits per heavy atom. The van der Waals surface area contributed by atoms with E-state index in [1.54, 1.807) is 0 Å². The summed E-state index contributed by atoms with van der Waals surface area (Å²) >= 11 is 5.76. The number of carboxylic acids is 1. The van der Waals surface area contributed by atoms with Crippen LogP contribution in [0.4, 0.5) is 0 Å². The fraction of sp³-hybridized carbons (Fsp3) is 0.429. The summed E-state index contributed by atoms with van der Waals surface area (Å²) in [5.74, 6) is -1.47. The van der Waals surface area contributed by atoms with Crippen molar-refractivity contribution < 1.29 is 14.7 Å². The summed E-state index contributed by atoms with van der Waals surface area (Å²) < 4.78 is 0. The largest absolute Gasteiger partial charge is 0.478 e. The van der Waals surface area contributed by atoms with Gasteiger partial charge in [-0.05, 0) is 31.0 Å². The quantitative estimate of drug-likeness (QED) is 0.895. The smallest absolute Gasteiger partial charge is 0.336 e. The lowest BCUT2D eigenvalue weighted by Crippen LogP contribution is -2.36. The number of hydrogen-bond acceptors (Lipinski definition) is 2. The van der Waals surface area contributed by atoms with Crippen molar-refractivity contribution >= 4 is 23.5 Å². The van der Waals surface area contributed by atoms with E-state index in [1.165, 1.54) is 24.6 Å². The van der Waals surface area contributed by atoms with Crippen molar-refractivity contribution in [2.45, 2.75) is 38.1 Å². The van der Waals surface area contributed by atoms with Crippen LogP contribution in [0.5, 0.6) is 0 Å². The Morgan fingerprint density at radius 3 is 2.47 bits per heavy atom. The van der Waals surface area contributed by atoms with Crippen molar-refractivity contribution in [2.24, 2.45) is 0 Å². The highest BCUT2D eigenvalue weighted by Crippen LogP contribution is 2.20. The second-order valence-electron chi connectivity index (χ2n) is 4.80. The predicted octanol–water partition coefficient (Wildman–Crippen LogP) is 3.10. The summed E-state index contributed by atoms with van der Waals surface area (Å²) in [7, 11) is 0. The number of carbonyl (C=O) groups is 2. The van der Waals surface area contributed by atoms with Gasteiger partial charge >= 0.3 is 5.97 Å². The number of carboxylic acid groups (broad SMARTS) is 1. The molecule has 1 aromatic rings. The number of amides is 1. The number of hydrogen-bond donors (Lipinski definition) is 2. The molecule has 1 aromatic carbocycles. The second-order valence-corrected chi connectivity index (χ2v) is 5.24. The number of aromatic carboxylic acids is 1. The van der Waals surface area contributed by atoms with E-state index in [0.29, 0.717) is 5.02 Å².